The van der Waals surface area contributed by atoms with E-state index in [2.05, 4.69) is 19.1 Å². The summed E-state index contributed by atoms with van der Waals surface area (Å²) in [5.41, 5.74) is -2.53. The fourth-order valence-corrected chi connectivity index (χ4v) is 7.71. The zero-order valence-corrected chi connectivity index (χ0v) is 17.5. The summed E-state index contributed by atoms with van der Waals surface area (Å²) in [5, 5.41) is 21.6. The second kappa shape index (κ2) is 5.90. The van der Waals surface area contributed by atoms with Crippen LogP contribution in [-0.2, 0) is 19.4 Å². The standard InChI is InChI=1S/C22H31NO6/c1-11-5-7-14-13(9-11)6-8-15-17-12(2)28-29-22(27)16(10-24)23(4)19(26)21(17,22)18(25)20(14,15)3/h6,8,11-17,24,27H,5,7,9-10H2,1-4H3/t11-,12-,13-,14-,15+,16+,17+,20+,21+,22+/m1/s1. The Morgan fingerprint density at radius 1 is 1.24 bits per heavy atom. The Labute approximate surface area is 171 Å². The molecule has 5 rings (SSSR count). The summed E-state index contributed by atoms with van der Waals surface area (Å²) in [7, 11) is 1.51. The number of carbonyl (C=O) groups excluding carboxylic acids is 2. The van der Waals surface area contributed by atoms with Gasteiger partial charge >= 0.3 is 0 Å². The van der Waals surface area contributed by atoms with Gasteiger partial charge in [-0.05, 0) is 43.4 Å². The molecule has 1 spiro atoms. The van der Waals surface area contributed by atoms with Crippen LogP contribution >= 0.6 is 0 Å². The zero-order valence-electron chi connectivity index (χ0n) is 17.5. The smallest absolute Gasteiger partial charge is 0.244 e. The van der Waals surface area contributed by atoms with E-state index in [1.54, 1.807) is 6.92 Å². The van der Waals surface area contributed by atoms with Crippen LogP contribution in [0.3, 0.4) is 0 Å². The van der Waals surface area contributed by atoms with E-state index in [4.69, 9.17) is 9.78 Å². The lowest BCUT2D eigenvalue weighted by Gasteiger charge is -2.48. The van der Waals surface area contributed by atoms with Crippen LogP contribution < -0.4 is 0 Å². The highest BCUT2D eigenvalue weighted by Crippen LogP contribution is 2.71. The molecule has 7 heteroatoms. The molecule has 0 aromatic carbocycles. The lowest BCUT2D eigenvalue weighted by molar-refractivity contribution is -0.492. The van der Waals surface area contributed by atoms with Gasteiger partial charge in [-0.15, -0.1) is 0 Å². The van der Waals surface area contributed by atoms with Gasteiger partial charge in [-0.3, -0.25) is 9.59 Å². The van der Waals surface area contributed by atoms with Crippen molar-refractivity contribution < 1.29 is 29.6 Å². The SMILES string of the molecule is C[C@@H]1CC[C@@H]2[C@H](C=C[C@H]3[C@@H]4[C@@H](C)OO[C@@]5(O)[C@H](CO)N(C)C(=O)[C@@]45C(=O)[C@@]23C)C1. The molecule has 0 unspecified atom stereocenters. The molecule has 2 saturated heterocycles. The third-order valence-electron chi connectivity index (χ3n) is 9.07. The summed E-state index contributed by atoms with van der Waals surface area (Å²) >= 11 is 0. The van der Waals surface area contributed by atoms with Crippen LogP contribution in [0, 0.1) is 40.4 Å². The molecule has 2 saturated carbocycles. The first-order chi connectivity index (χ1) is 13.7. The molecule has 5 aliphatic rings. The molecule has 7 nitrogen and oxygen atoms in total. The van der Waals surface area contributed by atoms with Crippen LogP contribution in [0.5, 0.6) is 0 Å². The van der Waals surface area contributed by atoms with Crippen molar-refractivity contribution in [2.75, 3.05) is 13.7 Å². The largest absolute Gasteiger partial charge is 0.394 e. The summed E-state index contributed by atoms with van der Waals surface area (Å²) in [4.78, 5) is 40.2. The highest BCUT2D eigenvalue weighted by molar-refractivity contribution is 6.14. The van der Waals surface area contributed by atoms with Gasteiger partial charge in [-0.2, -0.15) is 4.89 Å². The molecule has 29 heavy (non-hydrogen) atoms. The Kier molecular flexibility index (Phi) is 4.00. The molecule has 2 N–H and O–H groups in total. The number of likely N-dealkylation sites (tertiary alicyclic amines) is 1. The number of rotatable bonds is 1. The predicted molar refractivity (Wildman–Crippen MR) is 102 cm³/mol. The first-order valence-corrected chi connectivity index (χ1v) is 10.8. The number of likely N-dealkylation sites (N-methyl/N-ethyl adjacent to an activating group) is 1. The third kappa shape index (κ3) is 1.94. The topological polar surface area (TPSA) is 96.3 Å². The van der Waals surface area contributed by atoms with E-state index in [0.717, 1.165) is 19.3 Å². The molecule has 0 aromatic rings. The summed E-state index contributed by atoms with van der Waals surface area (Å²) in [6.07, 6.45) is 6.81. The van der Waals surface area contributed by atoms with Crippen molar-refractivity contribution in [3.63, 3.8) is 0 Å². The minimum atomic E-state index is -2.20. The molecule has 160 valence electrons. The van der Waals surface area contributed by atoms with Crippen LogP contribution in [-0.4, -0.2) is 58.4 Å². The van der Waals surface area contributed by atoms with Gasteiger partial charge in [-0.25, -0.2) is 4.89 Å². The Morgan fingerprint density at radius 3 is 2.66 bits per heavy atom. The van der Waals surface area contributed by atoms with E-state index >= 15 is 0 Å². The molecule has 0 radical (unpaired) electrons. The fourth-order valence-electron chi connectivity index (χ4n) is 7.71. The van der Waals surface area contributed by atoms with Crippen molar-refractivity contribution in [2.45, 2.75) is 58.0 Å². The van der Waals surface area contributed by atoms with Gasteiger partial charge in [0.25, 0.3) is 0 Å². The first-order valence-electron chi connectivity index (χ1n) is 10.8. The number of hydrogen-bond donors (Lipinski definition) is 2. The summed E-state index contributed by atoms with van der Waals surface area (Å²) in [6, 6.07) is -1.05. The monoisotopic (exact) mass is 405 g/mol. The Hall–Kier alpha value is -1.28. The second-order valence-electron chi connectivity index (χ2n) is 10.2. The van der Waals surface area contributed by atoms with Crippen LogP contribution in [0.4, 0.5) is 0 Å². The van der Waals surface area contributed by atoms with Gasteiger partial charge < -0.3 is 15.1 Å². The maximum Gasteiger partial charge on any atom is 0.244 e. The maximum atomic E-state index is 14.3. The number of allylic oxidation sites excluding steroid dienone is 2. The van der Waals surface area contributed by atoms with Crippen molar-refractivity contribution in [2.24, 2.45) is 40.4 Å². The average Bonchev–Trinajstić information content (AvgIpc) is 3.01. The minimum absolute atomic E-state index is 0.129. The highest BCUT2D eigenvalue weighted by Gasteiger charge is 2.86. The number of ketones is 1. The van der Waals surface area contributed by atoms with E-state index in [1.165, 1.54) is 11.9 Å². The maximum absolute atomic E-state index is 14.3. The van der Waals surface area contributed by atoms with Crippen LogP contribution in [0.2, 0.25) is 0 Å². The molecule has 3 aliphatic carbocycles. The van der Waals surface area contributed by atoms with Crippen molar-refractivity contribution in [3.05, 3.63) is 12.2 Å². The molecular weight excluding hydrogens is 374 g/mol. The second-order valence-corrected chi connectivity index (χ2v) is 10.2. The molecule has 1 amide bonds. The molecule has 10 atom stereocenters. The normalized spacial score (nSPS) is 56.1. The molecule has 2 heterocycles. The number of aliphatic hydroxyl groups is 2. The summed E-state index contributed by atoms with van der Waals surface area (Å²) in [5.74, 6) is -2.62. The zero-order chi connectivity index (χ0) is 20.9. The van der Waals surface area contributed by atoms with E-state index in [9.17, 15) is 19.8 Å². The van der Waals surface area contributed by atoms with Gasteiger partial charge in [0.05, 0.1) is 12.7 Å². The Bertz CT molecular complexity index is 798. The van der Waals surface area contributed by atoms with Crippen LogP contribution in [0.1, 0.15) is 40.0 Å². The van der Waals surface area contributed by atoms with E-state index in [-0.39, 0.29) is 17.6 Å². The number of Topliss-reactive ketones (excluding diaryl/α,β-unsaturated/α-hetero) is 1. The van der Waals surface area contributed by atoms with Crippen molar-refractivity contribution in [3.8, 4) is 0 Å². The van der Waals surface area contributed by atoms with Gasteiger partial charge in [0.1, 0.15) is 6.04 Å². The summed E-state index contributed by atoms with van der Waals surface area (Å²) < 4.78 is 0. The van der Waals surface area contributed by atoms with E-state index < -0.39 is 47.2 Å². The van der Waals surface area contributed by atoms with Crippen LogP contribution in [0.15, 0.2) is 12.2 Å². The summed E-state index contributed by atoms with van der Waals surface area (Å²) in [6.45, 7) is 5.51. The molecule has 0 bridgehead atoms. The molecule has 4 fully saturated rings. The minimum Gasteiger partial charge on any atom is -0.394 e. The number of amides is 1. The fraction of sp³-hybridized carbons (Fsp3) is 0.818. The number of fused-ring (bicyclic) bond motifs is 4. The third-order valence-corrected chi connectivity index (χ3v) is 9.07. The molecule has 2 aliphatic heterocycles. The number of hydrogen-bond acceptors (Lipinski definition) is 6. The van der Waals surface area contributed by atoms with E-state index in [1.807, 2.05) is 6.92 Å². The predicted octanol–water partition coefficient (Wildman–Crippen LogP) is 1.29. The molecule has 0 aromatic heterocycles. The van der Waals surface area contributed by atoms with E-state index in [0.29, 0.717) is 11.8 Å². The van der Waals surface area contributed by atoms with Crippen molar-refractivity contribution in [1.82, 2.24) is 4.90 Å². The highest BCUT2D eigenvalue weighted by atomic mass is 17.2. The van der Waals surface area contributed by atoms with Gasteiger partial charge in [0.2, 0.25) is 11.7 Å². The van der Waals surface area contributed by atoms with Crippen molar-refractivity contribution >= 4 is 11.7 Å². The molecular formula is C22H31NO6. The number of nitrogens with zero attached hydrogens (tertiary/aromatic N) is 1. The van der Waals surface area contributed by atoms with Gasteiger partial charge in [0, 0.05) is 18.4 Å². The quantitative estimate of drug-likeness (QED) is 0.388. The lowest BCUT2D eigenvalue weighted by atomic mass is 9.55. The lowest BCUT2D eigenvalue weighted by Crippen LogP contribution is -2.66. The average molecular weight is 405 g/mol. The van der Waals surface area contributed by atoms with Gasteiger partial charge in [-0.1, -0.05) is 32.4 Å². The number of carbonyl (C=O) groups is 2. The Morgan fingerprint density at radius 2 is 1.97 bits per heavy atom. The van der Waals surface area contributed by atoms with Crippen LogP contribution in [0.25, 0.3) is 0 Å². The Balaban J connectivity index is 1.72. The van der Waals surface area contributed by atoms with Crippen molar-refractivity contribution in [1.29, 1.82) is 0 Å². The number of aliphatic hydroxyl groups excluding tert-OH is 1. The first kappa shape index (κ1) is 19.7. The van der Waals surface area contributed by atoms with Gasteiger partial charge in [0.15, 0.2) is 11.2 Å².